The minimum atomic E-state index is -0.430. The smallest absolute Gasteiger partial charge is 0.174 e. The van der Waals surface area contributed by atoms with Crippen LogP contribution in [0, 0.1) is 14.4 Å². The first-order valence-electron chi connectivity index (χ1n) is 15.8. The molecule has 0 N–H and O–H groups in total. The standard InChI is InChI=1S/C39H42INO4/c1-38(2)20-29-35(31(42)22-38)34(27-18-28(40)37(33(19-27)44-5)45-24-26-14-10-7-11-15-26)36-30(21-39(3,4)23-32(36)43)41(29)17-16-25-12-8-6-9-13-25/h6-15,18-19,34H,16-17,20-24H2,1-5H3. The van der Waals surface area contributed by atoms with Crippen molar-refractivity contribution >= 4 is 34.2 Å². The third-order valence-corrected chi connectivity index (χ3v) is 10.1. The van der Waals surface area contributed by atoms with Gasteiger partial charge in [0, 0.05) is 47.8 Å². The summed E-state index contributed by atoms with van der Waals surface area (Å²) in [7, 11) is 1.65. The van der Waals surface area contributed by atoms with Crippen LogP contribution < -0.4 is 9.47 Å². The molecular weight excluding hydrogens is 673 g/mol. The van der Waals surface area contributed by atoms with E-state index in [0.717, 1.165) is 63.0 Å². The Balaban J connectivity index is 1.48. The Labute approximate surface area is 280 Å². The number of ketones is 2. The molecule has 0 amide bonds. The van der Waals surface area contributed by atoms with Gasteiger partial charge < -0.3 is 14.4 Å². The van der Waals surface area contributed by atoms with Gasteiger partial charge in [-0.15, -0.1) is 0 Å². The lowest BCUT2D eigenvalue weighted by molar-refractivity contribution is -0.119. The minimum absolute atomic E-state index is 0.138. The molecule has 6 heteroatoms. The highest BCUT2D eigenvalue weighted by atomic mass is 127. The number of rotatable bonds is 8. The maximum Gasteiger partial charge on any atom is 0.174 e. The van der Waals surface area contributed by atoms with Gasteiger partial charge in [-0.2, -0.15) is 0 Å². The molecular formula is C39H42INO4. The summed E-state index contributed by atoms with van der Waals surface area (Å²) in [6.45, 7) is 9.88. The Kier molecular flexibility index (Phi) is 8.72. The van der Waals surface area contributed by atoms with E-state index < -0.39 is 5.92 Å². The van der Waals surface area contributed by atoms with Gasteiger partial charge in [-0.3, -0.25) is 9.59 Å². The number of carbonyl (C=O) groups is 2. The molecule has 0 saturated heterocycles. The first-order valence-corrected chi connectivity index (χ1v) is 16.9. The Bertz CT molecular complexity index is 1630. The summed E-state index contributed by atoms with van der Waals surface area (Å²) in [6, 6.07) is 24.6. The van der Waals surface area contributed by atoms with Crippen LogP contribution in [0.4, 0.5) is 0 Å². The van der Waals surface area contributed by atoms with Crippen molar-refractivity contribution in [2.24, 2.45) is 10.8 Å². The summed E-state index contributed by atoms with van der Waals surface area (Å²) in [5.41, 5.74) is 6.62. The predicted octanol–water partition coefficient (Wildman–Crippen LogP) is 8.81. The molecule has 2 aliphatic carbocycles. The second-order valence-corrected chi connectivity index (χ2v) is 15.4. The summed E-state index contributed by atoms with van der Waals surface area (Å²) in [5, 5.41) is 0. The van der Waals surface area contributed by atoms with Crippen LogP contribution in [0.25, 0.3) is 0 Å². The molecule has 1 heterocycles. The second kappa shape index (κ2) is 12.4. The molecule has 0 fully saturated rings. The van der Waals surface area contributed by atoms with Crippen LogP contribution in [-0.4, -0.2) is 30.1 Å². The number of benzene rings is 3. The molecule has 234 valence electrons. The molecule has 0 spiro atoms. The van der Waals surface area contributed by atoms with Crippen molar-refractivity contribution in [3.63, 3.8) is 0 Å². The number of allylic oxidation sites excluding steroid dienone is 4. The molecule has 1 aliphatic heterocycles. The van der Waals surface area contributed by atoms with E-state index in [1.807, 2.05) is 42.5 Å². The van der Waals surface area contributed by atoms with Gasteiger partial charge in [-0.1, -0.05) is 88.4 Å². The zero-order valence-corrected chi connectivity index (χ0v) is 29.1. The number of nitrogens with zero attached hydrogens (tertiary/aromatic N) is 1. The number of hydrogen-bond donors (Lipinski definition) is 0. The highest BCUT2D eigenvalue weighted by Crippen LogP contribution is 2.55. The van der Waals surface area contributed by atoms with Crippen molar-refractivity contribution in [1.82, 2.24) is 4.90 Å². The van der Waals surface area contributed by atoms with E-state index >= 15 is 0 Å². The number of methoxy groups -OCH3 is 1. The fourth-order valence-corrected chi connectivity index (χ4v) is 8.09. The van der Waals surface area contributed by atoms with Gasteiger partial charge in [-0.05, 0) is 81.5 Å². The third-order valence-electron chi connectivity index (χ3n) is 9.30. The number of hydrogen-bond acceptors (Lipinski definition) is 5. The summed E-state index contributed by atoms with van der Waals surface area (Å²) < 4.78 is 13.1. The average molecular weight is 716 g/mol. The Morgan fingerprint density at radius 2 is 1.31 bits per heavy atom. The van der Waals surface area contributed by atoms with Crippen molar-refractivity contribution in [2.45, 2.75) is 72.3 Å². The molecule has 0 saturated carbocycles. The zero-order valence-electron chi connectivity index (χ0n) is 26.9. The fourth-order valence-electron chi connectivity index (χ4n) is 7.31. The van der Waals surface area contributed by atoms with Crippen LogP contribution in [0.3, 0.4) is 0 Å². The van der Waals surface area contributed by atoms with Gasteiger partial charge in [0.15, 0.2) is 23.1 Å². The predicted molar refractivity (Wildman–Crippen MR) is 186 cm³/mol. The van der Waals surface area contributed by atoms with Crippen LogP contribution in [-0.2, 0) is 22.6 Å². The molecule has 0 unspecified atom stereocenters. The first kappa shape index (κ1) is 31.6. The van der Waals surface area contributed by atoms with Crippen LogP contribution in [0.2, 0.25) is 0 Å². The third kappa shape index (κ3) is 6.49. The second-order valence-electron chi connectivity index (χ2n) is 14.2. The largest absolute Gasteiger partial charge is 0.493 e. The Hall–Kier alpha value is -3.39. The van der Waals surface area contributed by atoms with E-state index in [4.69, 9.17) is 9.47 Å². The van der Waals surface area contributed by atoms with Gasteiger partial charge in [0.2, 0.25) is 0 Å². The van der Waals surface area contributed by atoms with E-state index in [2.05, 4.69) is 85.5 Å². The van der Waals surface area contributed by atoms with Crippen molar-refractivity contribution in [1.29, 1.82) is 0 Å². The molecule has 3 aromatic carbocycles. The van der Waals surface area contributed by atoms with Crippen molar-refractivity contribution < 1.29 is 19.1 Å². The van der Waals surface area contributed by atoms with Crippen LogP contribution in [0.1, 0.15) is 76.0 Å². The molecule has 3 aromatic rings. The minimum Gasteiger partial charge on any atom is -0.493 e. The molecule has 3 aliphatic rings. The molecule has 6 rings (SSSR count). The topological polar surface area (TPSA) is 55.8 Å². The Morgan fingerprint density at radius 3 is 1.84 bits per heavy atom. The van der Waals surface area contributed by atoms with E-state index in [1.54, 1.807) is 7.11 Å². The van der Waals surface area contributed by atoms with E-state index in [0.29, 0.717) is 30.9 Å². The summed E-state index contributed by atoms with van der Waals surface area (Å²) >= 11 is 2.30. The lowest BCUT2D eigenvalue weighted by Gasteiger charge is -2.49. The lowest BCUT2D eigenvalue weighted by Crippen LogP contribution is -2.45. The number of ether oxygens (including phenoxy) is 2. The van der Waals surface area contributed by atoms with E-state index in [1.165, 1.54) is 5.56 Å². The highest BCUT2D eigenvalue weighted by molar-refractivity contribution is 14.1. The summed E-state index contributed by atoms with van der Waals surface area (Å²) in [4.78, 5) is 30.9. The molecule has 0 radical (unpaired) electrons. The SMILES string of the molecule is COc1cc(C2C3=C(CC(C)(C)CC3=O)N(CCc3ccccc3)C3=C2C(=O)CC(C)(C)C3)cc(I)c1OCc1ccccc1. The normalized spacial score (nSPS) is 19.4. The monoisotopic (exact) mass is 715 g/mol. The molecule has 0 atom stereocenters. The molecule has 5 nitrogen and oxygen atoms in total. The average Bonchev–Trinajstić information content (AvgIpc) is 2.98. The van der Waals surface area contributed by atoms with Gasteiger partial charge in [0.1, 0.15) is 6.61 Å². The van der Waals surface area contributed by atoms with Crippen molar-refractivity contribution in [3.8, 4) is 11.5 Å². The van der Waals surface area contributed by atoms with Crippen LogP contribution in [0.5, 0.6) is 11.5 Å². The number of Topliss-reactive ketones (excluding diaryl/α,β-unsaturated/α-hetero) is 2. The van der Waals surface area contributed by atoms with Gasteiger partial charge in [-0.25, -0.2) is 0 Å². The maximum absolute atomic E-state index is 14.2. The molecule has 0 aromatic heterocycles. The molecule has 45 heavy (non-hydrogen) atoms. The Morgan fingerprint density at radius 1 is 0.778 bits per heavy atom. The van der Waals surface area contributed by atoms with E-state index in [-0.39, 0.29) is 22.4 Å². The first-order chi connectivity index (χ1) is 21.5. The summed E-state index contributed by atoms with van der Waals surface area (Å²) in [5.74, 6) is 1.12. The van der Waals surface area contributed by atoms with Crippen molar-refractivity contribution in [3.05, 3.63) is 116 Å². The van der Waals surface area contributed by atoms with Gasteiger partial charge >= 0.3 is 0 Å². The fraction of sp³-hybridized carbons (Fsp3) is 0.385. The molecule has 0 bridgehead atoms. The maximum atomic E-state index is 14.2. The van der Waals surface area contributed by atoms with Gasteiger partial charge in [0.25, 0.3) is 0 Å². The quantitative estimate of drug-likeness (QED) is 0.218. The van der Waals surface area contributed by atoms with E-state index in [9.17, 15) is 9.59 Å². The summed E-state index contributed by atoms with van der Waals surface area (Å²) in [6.07, 6.45) is 3.34. The highest BCUT2D eigenvalue weighted by Gasteiger charge is 2.49. The van der Waals surface area contributed by atoms with Crippen LogP contribution in [0.15, 0.2) is 95.3 Å². The van der Waals surface area contributed by atoms with Crippen molar-refractivity contribution in [2.75, 3.05) is 13.7 Å². The number of carbonyl (C=O) groups excluding carboxylic acids is 2. The zero-order chi connectivity index (χ0) is 31.9. The van der Waals surface area contributed by atoms with Crippen LogP contribution >= 0.6 is 22.6 Å². The number of halogens is 1. The lowest BCUT2D eigenvalue weighted by atomic mass is 9.63. The van der Waals surface area contributed by atoms with Gasteiger partial charge in [0.05, 0.1) is 10.7 Å².